The molecule has 1 unspecified atom stereocenters. The number of thiophene rings is 1. The van der Waals surface area contributed by atoms with Crippen molar-refractivity contribution in [2.45, 2.75) is 17.1 Å². The molecule has 0 aromatic carbocycles. The van der Waals surface area contributed by atoms with Gasteiger partial charge in [0.1, 0.15) is 4.21 Å². The van der Waals surface area contributed by atoms with Crippen molar-refractivity contribution < 1.29 is 13.2 Å². The van der Waals surface area contributed by atoms with Gasteiger partial charge in [-0.3, -0.25) is 4.79 Å². The molecule has 1 aliphatic heterocycles. The number of hydrogen-bond donors (Lipinski definition) is 0. The molecular formula is C14H17N3O3S3. The number of aromatic nitrogens is 1. The lowest BCUT2D eigenvalue weighted by Gasteiger charge is -2.29. The number of sulfonamides is 1. The third-order valence-electron chi connectivity index (χ3n) is 3.79. The van der Waals surface area contributed by atoms with Crippen molar-refractivity contribution in [3.05, 3.63) is 33.9 Å². The smallest absolute Gasteiger partial charge is 0.252 e. The highest BCUT2D eigenvalue weighted by molar-refractivity contribution is 7.91. The average molecular weight is 372 g/mol. The summed E-state index contributed by atoms with van der Waals surface area (Å²) in [6, 6.07) is 3.32. The molecule has 0 saturated carbocycles. The zero-order valence-electron chi connectivity index (χ0n) is 12.6. The van der Waals surface area contributed by atoms with Crippen LogP contribution in [0, 0.1) is 5.92 Å². The van der Waals surface area contributed by atoms with Crippen LogP contribution in [-0.4, -0.2) is 36.3 Å². The van der Waals surface area contributed by atoms with Crippen molar-refractivity contribution in [2.75, 3.05) is 13.1 Å². The Labute approximate surface area is 142 Å². The number of hydrogen-bond acceptors (Lipinski definition) is 5. The van der Waals surface area contributed by atoms with Crippen LogP contribution in [0.25, 0.3) is 0 Å². The van der Waals surface area contributed by atoms with Crippen LogP contribution in [0.4, 0.5) is 0 Å². The van der Waals surface area contributed by atoms with Crippen LogP contribution in [0.15, 0.2) is 38.3 Å². The summed E-state index contributed by atoms with van der Waals surface area (Å²) >= 11 is 2.59. The van der Waals surface area contributed by atoms with Crippen molar-refractivity contribution in [2.24, 2.45) is 18.0 Å². The van der Waals surface area contributed by atoms with Gasteiger partial charge in [-0.15, -0.1) is 22.7 Å². The van der Waals surface area contributed by atoms with E-state index in [1.54, 1.807) is 22.1 Å². The molecule has 2 aromatic heterocycles. The molecule has 0 spiro atoms. The first kappa shape index (κ1) is 16.6. The first-order valence-electron chi connectivity index (χ1n) is 7.21. The van der Waals surface area contributed by atoms with Crippen molar-refractivity contribution in [3.8, 4) is 0 Å². The van der Waals surface area contributed by atoms with E-state index in [1.165, 1.54) is 27.0 Å². The molecule has 0 radical (unpaired) electrons. The van der Waals surface area contributed by atoms with Gasteiger partial charge in [0, 0.05) is 31.7 Å². The summed E-state index contributed by atoms with van der Waals surface area (Å²) in [5.41, 5.74) is 0. The third-order valence-corrected chi connectivity index (χ3v) is 7.87. The van der Waals surface area contributed by atoms with Crippen LogP contribution in [0.2, 0.25) is 0 Å². The van der Waals surface area contributed by atoms with E-state index in [2.05, 4.69) is 4.99 Å². The highest BCUT2D eigenvalue weighted by Gasteiger charge is 2.33. The van der Waals surface area contributed by atoms with Crippen LogP contribution in [0.3, 0.4) is 0 Å². The van der Waals surface area contributed by atoms with Crippen molar-refractivity contribution in [1.29, 1.82) is 0 Å². The lowest BCUT2D eigenvalue weighted by Crippen LogP contribution is -2.42. The molecule has 0 bridgehead atoms. The number of amides is 1. The summed E-state index contributed by atoms with van der Waals surface area (Å²) < 4.78 is 28.7. The first-order chi connectivity index (χ1) is 11.0. The quantitative estimate of drug-likeness (QED) is 0.824. The Balaban J connectivity index is 1.79. The van der Waals surface area contributed by atoms with Gasteiger partial charge in [0.15, 0.2) is 4.80 Å². The predicted octanol–water partition coefficient (Wildman–Crippen LogP) is 1.68. The molecule has 9 heteroatoms. The van der Waals surface area contributed by atoms with Crippen molar-refractivity contribution in [3.63, 3.8) is 0 Å². The Hall–Kier alpha value is -1.29. The Kier molecular flexibility index (Phi) is 4.81. The number of carbonyl (C=O) groups is 1. The highest BCUT2D eigenvalue weighted by Crippen LogP contribution is 2.26. The minimum absolute atomic E-state index is 0.206. The fraction of sp³-hybridized carbons (Fsp3) is 0.429. The normalized spacial score (nSPS) is 20.7. The first-order valence-corrected chi connectivity index (χ1v) is 10.4. The zero-order chi connectivity index (χ0) is 16.4. The summed E-state index contributed by atoms with van der Waals surface area (Å²) in [5.74, 6) is -0.616. The van der Waals surface area contributed by atoms with Gasteiger partial charge in [0.2, 0.25) is 0 Å². The molecule has 0 N–H and O–H groups in total. The second kappa shape index (κ2) is 6.68. The van der Waals surface area contributed by atoms with Crippen LogP contribution in [0.1, 0.15) is 12.8 Å². The van der Waals surface area contributed by atoms with Gasteiger partial charge in [-0.25, -0.2) is 8.42 Å². The summed E-state index contributed by atoms with van der Waals surface area (Å²) in [7, 11) is -1.67. The van der Waals surface area contributed by atoms with Gasteiger partial charge in [-0.05, 0) is 24.3 Å². The summed E-state index contributed by atoms with van der Waals surface area (Å²) in [4.78, 5) is 17.2. The van der Waals surface area contributed by atoms with E-state index in [9.17, 15) is 13.2 Å². The van der Waals surface area contributed by atoms with E-state index in [-0.39, 0.29) is 18.4 Å². The maximum absolute atomic E-state index is 12.6. The lowest BCUT2D eigenvalue weighted by molar-refractivity contribution is -0.122. The van der Waals surface area contributed by atoms with Gasteiger partial charge >= 0.3 is 0 Å². The molecule has 3 heterocycles. The Morgan fingerprint density at radius 1 is 1.35 bits per heavy atom. The van der Waals surface area contributed by atoms with Gasteiger partial charge in [-0.1, -0.05) is 6.07 Å². The topological polar surface area (TPSA) is 71.7 Å². The fourth-order valence-electron chi connectivity index (χ4n) is 2.52. The number of nitrogens with zero attached hydrogens (tertiary/aromatic N) is 3. The number of thiazole rings is 1. The fourth-order valence-corrected chi connectivity index (χ4v) is 5.92. The Morgan fingerprint density at radius 3 is 2.83 bits per heavy atom. The number of carbonyl (C=O) groups excluding carboxylic acids is 1. The molecule has 1 atom stereocenters. The number of piperidine rings is 1. The summed E-state index contributed by atoms with van der Waals surface area (Å²) in [6.45, 7) is 0.661. The molecule has 2 aromatic rings. The Morgan fingerprint density at radius 2 is 2.17 bits per heavy atom. The largest absolute Gasteiger partial charge is 0.327 e. The molecule has 1 amide bonds. The molecule has 1 saturated heterocycles. The van der Waals surface area contributed by atoms with Crippen LogP contribution >= 0.6 is 22.7 Å². The van der Waals surface area contributed by atoms with E-state index < -0.39 is 10.0 Å². The summed E-state index contributed by atoms with van der Waals surface area (Å²) in [6.07, 6.45) is 3.19. The maximum atomic E-state index is 12.6. The van der Waals surface area contributed by atoms with Crippen LogP contribution < -0.4 is 4.80 Å². The van der Waals surface area contributed by atoms with E-state index >= 15 is 0 Å². The van der Waals surface area contributed by atoms with E-state index in [4.69, 9.17) is 0 Å². The van der Waals surface area contributed by atoms with Crippen LogP contribution in [-0.2, 0) is 21.9 Å². The number of rotatable bonds is 3. The summed E-state index contributed by atoms with van der Waals surface area (Å²) in [5, 5.41) is 3.60. The Bertz CT molecular complexity index is 849. The zero-order valence-corrected chi connectivity index (χ0v) is 15.0. The molecule has 1 fully saturated rings. The molecule has 1 aliphatic rings. The minimum atomic E-state index is -3.50. The second-order valence-electron chi connectivity index (χ2n) is 5.38. The maximum Gasteiger partial charge on any atom is 0.252 e. The van der Waals surface area contributed by atoms with E-state index in [0.717, 1.165) is 0 Å². The van der Waals surface area contributed by atoms with Gasteiger partial charge in [0.05, 0.1) is 5.92 Å². The monoisotopic (exact) mass is 371 g/mol. The SMILES string of the molecule is Cn1ccsc1=NC(=O)C1CCCN(S(=O)(=O)c2cccs2)C1. The van der Waals surface area contributed by atoms with E-state index in [1.807, 2.05) is 18.6 Å². The third kappa shape index (κ3) is 3.47. The molecule has 124 valence electrons. The second-order valence-corrected chi connectivity index (χ2v) is 9.37. The molecule has 6 nitrogen and oxygen atoms in total. The van der Waals surface area contributed by atoms with Gasteiger partial charge < -0.3 is 4.57 Å². The predicted molar refractivity (Wildman–Crippen MR) is 89.7 cm³/mol. The van der Waals surface area contributed by atoms with Gasteiger partial charge in [0.25, 0.3) is 15.9 Å². The number of aryl methyl sites for hydroxylation is 1. The molecular weight excluding hydrogens is 354 g/mol. The van der Waals surface area contributed by atoms with E-state index in [0.29, 0.717) is 28.4 Å². The van der Waals surface area contributed by atoms with Crippen molar-refractivity contribution in [1.82, 2.24) is 8.87 Å². The van der Waals surface area contributed by atoms with Crippen molar-refractivity contribution >= 4 is 38.6 Å². The van der Waals surface area contributed by atoms with Gasteiger partial charge in [-0.2, -0.15) is 9.30 Å². The molecule has 23 heavy (non-hydrogen) atoms. The highest BCUT2D eigenvalue weighted by atomic mass is 32.2. The molecule has 3 rings (SSSR count). The molecule has 0 aliphatic carbocycles. The lowest BCUT2D eigenvalue weighted by atomic mass is 9.99. The van der Waals surface area contributed by atoms with Crippen LogP contribution in [0.5, 0.6) is 0 Å². The minimum Gasteiger partial charge on any atom is -0.327 e. The average Bonchev–Trinajstić information content (AvgIpc) is 3.20. The standard InChI is InChI=1S/C14H17N3O3S3/c1-16-7-9-22-14(16)15-13(18)11-4-2-6-17(10-11)23(19,20)12-5-3-8-21-12/h3,5,7-9,11H,2,4,6,10H2,1H3.